The largest absolute Gasteiger partial charge is 0.444 e. The average molecular weight is 423 g/mol. The zero-order valence-electron chi connectivity index (χ0n) is 18.3. The number of carbonyl (C=O) groups excluding carboxylic acids is 1. The Labute approximate surface area is 181 Å². The fourth-order valence-electron chi connectivity index (χ4n) is 3.62. The Morgan fingerprint density at radius 3 is 2.48 bits per heavy atom. The van der Waals surface area contributed by atoms with Gasteiger partial charge in [-0.1, -0.05) is 0 Å². The van der Waals surface area contributed by atoms with Crippen LogP contribution in [0.4, 0.5) is 9.18 Å². The number of likely N-dealkylation sites (tertiary alicyclic amines) is 1. The number of halogens is 1. The minimum Gasteiger partial charge on any atom is -0.444 e. The molecule has 2 aromatic heterocycles. The van der Waals surface area contributed by atoms with E-state index in [9.17, 15) is 9.18 Å². The first-order chi connectivity index (χ1) is 14.7. The maximum Gasteiger partial charge on any atom is 0.410 e. The molecule has 0 unspecified atom stereocenters. The van der Waals surface area contributed by atoms with E-state index in [4.69, 9.17) is 4.74 Å². The number of hydrogen-bond donors (Lipinski definition) is 0. The molecule has 0 spiro atoms. The highest BCUT2D eigenvalue weighted by atomic mass is 19.1. The number of benzene rings is 1. The lowest BCUT2D eigenvalue weighted by Crippen LogP contribution is -2.50. The van der Waals surface area contributed by atoms with Gasteiger partial charge in [-0.25, -0.2) is 9.18 Å². The fraction of sp³-hybridized carbons (Fsp3) is 0.375. The van der Waals surface area contributed by atoms with Gasteiger partial charge in [0.1, 0.15) is 11.4 Å². The van der Waals surface area contributed by atoms with Gasteiger partial charge in [0.25, 0.3) is 0 Å². The van der Waals surface area contributed by atoms with Gasteiger partial charge in [-0.05, 0) is 69.7 Å². The second-order valence-electron chi connectivity index (χ2n) is 8.80. The smallest absolute Gasteiger partial charge is 0.410 e. The molecule has 1 aliphatic rings. The lowest BCUT2D eigenvalue weighted by molar-refractivity contribution is 0.00820. The van der Waals surface area contributed by atoms with Crippen LogP contribution in [0.1, 0.15) is 39.2 Å². The van der Waals surface area contributed by atoms with Crippen LogP contribution in [0.5, 0.6) is 0 Å². The lowest BCUT2D eigenvalue weighted by atomic mass is 9.88. The number of pyridine rings is 1. The highest BCUT2D eigenvalue weighted by Crippen LogP contribution is 2.36. The number of amides is 1. The Kier molecular flexibility index (Phi) is 5.52. The molecule has 162 valence electrons. The molecule has 0 N–H and O–H groups in total. The number of carbonyl (C=O) groups is 1. The van der Waals surface area contributed by atoms with Gasteiger partial charge < -0.3 is 9.64 Å². The molecule has 0 aliphatic carbocycles. The van der Waals surface area contributed by atoms with Gasteiger partial charge >= 0.3 is 6.09 Å². The van der Waals surface area contributed by atoms with Gasteiger partial charge in [-0.15, -0.1) is 0 Å². The average Bonchev–Trinajstić information content (AvgIpc) is 3.15. The summed E-state index contributed by atoms with van der Waals surface area (Å²) in [6.07, 6.45) is 3.51. The van der Waals surface area contributed by atoms with Gasteiger partial charge in [-0.2, -0.15) is 5.10 Å². The van der Waals surface area contributed by atoms with Crippen molar-refractivity contribution in [3.05, 3.63) is 60.2 Å². The number of hydrogen-bond acceptors (Lipinski definition) is 4. The van der Waals surface area contributed by atoms with E-state index < -0.39 is 5.60 Å². The van der Waals surface area contributed by atoms with Crippen molar-refractivity contribution in [2.45, 2.75) is 45.8 Å². The number of nitrogens with zero attached hydrogens (tertiary/aromatic N) is 4. The van der Waals surface area contributed by atoms with E-state index >= 15 is 0 Å². The molecule has 3 heterocycles. The Balaban J connectivity index is 1.63. The van der Waals surface area contributed by atoms with Crippen molar-refractivity contribution >= 4 is 6.09 Å². The van der Waals surface area contributed by atoms with E-state index in [0.29, 0.717) is 13.1 Å². The maximum atomic E-state index is 13.3. The van der Waals surface area contributed by atoms with E-state index in [1.807, 2.05) is 56.9 Å². The summed E-state index contributed by atoms with van der Waals surface area (Å²) in [6, 6.07) is 10.3. The summed E-state index contributed by atoms with van der Waals surface area (Å²) in [7, 11) is 0. The summed E-state index contributed by atoms with van der Waals surface area (Å²) in [5.74, 6) is -0.122. The third kappa shape index (κ3) is 4.60. The third-order valence-electron chi connectivity index (χ3n) is 5.29. The zero-order valence-corrected chi connectivity index (χ0v) is 18.3. The second-order valence-corrected chi connectivity index (χ2v) is 8.80. The van der Waals surface area contributed by atoms with E-state index in [-0.39, 0.29) is 17.8 Å². The molecular weight excluding hydrogens is 395 g/mol. The molecule has 6 nitrogen and oxygen atoms in total. The van der Waals surface area contributed by atoms with Gasteiger partial charge in [0.2, 0.25) is 0 Å². The van der Waals surface area contributed by atoms with E-state index in [2.05, 4.69) is 10.1 Å². The van der Waals surface area contributed by atoms with Crippen molar-refractivity contribution in [1.29, 1.82) is 0 Å². The topological polar surface area (TPSA) is 60.2 Å². The van der Waals surface area contributed by atoms with Crippen LogP contribution in [0.25, 0.3) is 22.5 Å². The summed E-state index contributed by atoms with van der Waals surface area (Å²) >= 11 is 0. The highest BCUT2D eigenvalue weighted by Gasteiger charge is 2.36. The Morgan fingerprint density at radius 1 is 1.16 bits per heavy atom. The molecule has 7 heteroatoms. The van der Waals surface area contributed by atoms with Crippen LogP contribution in [0.2, 0.25) is 0 Å². The van der Waals surface area contributed by atoms with Crippen LogP contribution >= 0.6 is 0 Å². The molecular formula is C24H27FN4O2. The predicted octanol–water partition coefficient (Wildman–Crippen LogP) is 5.11. The first-order valence-electron chi connectivity index (χ1n) is 10.5. The minimum absolute atomic E-state index is 0.157. The third-order valence-corrected chi connectivity index (χ3v) is 5.29. The Hall–Kier alpha value is -3.22. The molecule has 31 heavy (non-hydrogen) atoms. The molecule has 3 aromatic rings. The first-order valence-corrected chi connectivity index (χ1v) is 10.5. The number of rotatable bonds is 4. The first kappa shape index (κ1) is 21.0. The van der Waals surface area contributed by atoms with Crippen LogP contribution in [-0.4, -0.2) is 44.4 Å². The molecule has 1 aromatic carbocycles. The Bertz CT molecular complexity index is 1080. The minimum atomic E-state index is -0.515. The monoisotopic (exact) mass is 422 g/mol. The van der Waals surface area contributed by atoms with Crippen molar-refractivity contribution in [2.24, 2.45) is 0 Å². The highest BCUT2D eigenvalue weighted by molar-refractivity contribution is 5.73. The molecule has 1 fully saturated rings. The molecule has 4 rings (SSSR count). The molecule has 1 amide bonds. The van der Waals surface area contributed by atoms with Crippen molar-refractivity contribution in [2.75, 3.05) is 13.1 Å². The molecule has 1 saturated heterocycles. The van der Waals surface area contributed by atoms with E-state index in [1.165, 1.54) is 12.1 Å². The number of aryl methyl sites for hydroxylation is 1. The van der Waals surface area contributed by atoms with Crippen molar-refractivity contribution < 1.29 is 13.9 Å². The zero-order chi connectivity index (χ0) is 22.2. The van der Waals surface area contributed by atoms with Crippen molar-refractivity contribution in [3.63, 3.8) is 0 Å². The standard InChI is InChI=1S/C24H27FN4O2/c1-5-29-11-10-21(27-29)19-12-22(16-6-8-18(25)9-7-16)26-13-20(19)17-14-28(15-17)23(30)31-24(2,3)4/h6-13,17H,5,14-15H2,1-4H3. The van der Waals surface area contributed by atoms with E-state index in [0.717, 1.165) is 34.6 Å². The quantitative estimate of drug-likeness (QED) is 0.587. The summed E-state index contributed by atoms with van der Waals surface area (Å²) in [6.45, 7) is 9.56. The number of aromatic nitrogens is 3. The molecule has 0 saturated carbocycles. The van der Waals surface area contributed by atoms with Crippen LogP contribution in [0, 0.1) is 5.82 Å². The predicted molar refractivity (Wildman–Crippen MR) is 117 cm³/mol. The molecule has 0 atom stereocenters. The van der Waals surface area contributed by atoms with Gasteiger partial charge in [0.05, 0.1) is 11.4 Å². The van der Waals surface area contributed by atoms with Gasteiger partial charge in [0.15, 0.2) is 0 Å². The maximum absolute atomic E-state index is 13.3. The summed E-state index contributed by atoms with van der Waals surface area (Å²) in [5.41, 5.74) is 3.97. The van der Waals surface area contributed by atoms with Gasteiger partial charge in [-0.3, -0.25) is 9.67 Å². The van der Waals surface area contributed by atoms with Crippen molar-refractivity contribution in [3.8, 4) is 22.5 Å². The summed E-state index contributed by atoms with van der Waals surface area (Å²) in [5, 5.41) is 4.68. The molecule has 0 bridgehead atoms. The Morgan fingerprint density at radius 2 is 1.87 bits per heavy atom. The summed E-state index contributed by atoms with van der Waals surface area (Å²) in [4.78, 5) is 18.7. The lowest BCUT2D eigenvalue weighted by Gasteiger charge is -2.40. The van der Waals surface area contributed by atoms with Crippen molar-refractivity contribution in [1.82, 2.24) is 19.7 Å². The van der Waals surface area contributed by atoms with Gasteiger partial charge in [0, 0.05) is 49.1 Å². The van der Waals surface area contributed by atoms with E-state index in [1.54, 1.807) is 17.0 Å². The SMILES string of the molecule is CCn1ccc(-c2cc(-c3ccc(F)cc3)ncc2C2CN(C(=O)OC(C)(C)C)C2)n1. The van der Waals surface area contributed by atoms with Crippen LogP contribution in [-0.2, 0) is 11.3 Å². The fourth-order valence-corrected chi connectivity index (χ4v) is 3.62. The summed E-state index contributed by atoms with van der Waals surface area (Å²) < 4.78 is 20.7. The van der Waals surface area contributed by atoms with Crippen LogP contribution in [0.15, 0.2) is 48.8 Å². The normalized spacial score (nSPS) is 14.4. The second kappa shape index (κ2) is 8.13. The van der Waals surface area contributed by atoms with Crippen LogP contribution in [0.3, 0.4) is 0 Å². The number of ether oxygens (including phenoxy) is 1. The van der Waals surface area contributed by atoms with Crippen LogP contribution < -0.4 is 0 Å². The molecule has 1 aliphatic heterocycles. The molecule has 0 radical (unpaired) electrons.